The molecule has 164 valence electrons. The van der Waals surface area contributed by atoms with E-state index in [0.717, 1.165) is 30.0 Å². The fourth-order valence-electron chi connectivity index (χ4n) is 3.96. The van der Waals surface area contributed by atoms with Gasteiger partial charge < -0.3 is 16.0 Å². The van der Waals surface area contributed by atoms with E-state index in [-0.39, 0.29) is 30.6 Å². The molecule has 2 aromatic rings. The molecule has 1 saturated carbocycles. The second-order valence-electron chi connectivity index (χ2n) is 8.21. The van der Waals surface area contributed by atoms with E-state index in [9.17, 15) is 22.8 Å². The van der Waals surface area contributed by atoms with Crippen LogP contribution in [0.25, 0.3) is 0 Å². The van der Waals surface area contributed by atoms with Crippen LogP contribution in [0.5, 0.6) is 0 Å². The van der Waals surface area contributed by atoms with Gasteiger partial charge in [0.1, 0.15) is 0 Å². The van der Waals surface area contributed by atoms with Gasteiger partial charge in [0.15, 0.2) is 0 Å². The number of alkyl halides is 3. The van der Waals surface area contributed by atoms with Crippen molar-refractivity contribution in [2.45, 2.75) is 38.0 Å². The van der Waals surface area contributed by atoms with Gasteiger partial charge in [-0.25, -0.2) is 0 Å². The van der Waals surface area contributed by atoms with E-state index in [1.807, 2.05) is 0 Å². The number of fused-ring (bicyclic) bond motifs is 1. The number of nitrogens with two attached hydrogens (primary N) is 1. The van der Waals surface area contributed by atoms with E-state index in [1.165, 1.54) is 23.1 Å². The monoisotopic (exact) mass is 431 g/mol. The summed E-state index contributed by atoms with van der Waals surface area (Å²) >= 11 is 0. The van der Waals surface area contributed by atoms with Gasteiger partial charge in [0, 0.05) is 31.2 Å². The van der Waals surface area contributed by atoms with Gasteiger partial charge in [-0.3, -0.25) is 9.59 Å². The van der Waals surface area contributed by atoms with Gasteiger partial charge in [0.05, 0.1) is 11.1 Å². The van der Waals surface area contributed by atoms with Crippen molar-refractivity contribution >= 4 is 11.8 Å². The largest absolute Gasteiger partial charge is 0.417 e. The Kier molecular flexibility index (Phi) is 5.75. The van der Waals surface area contributed by atoms with E-state index in [2.05, 4.69) is 5.32 Å². The summed E-state index contributed by atoms with van der Waals surface area (Å²) in [7, 11) is 0. The zero-order valence-electron chi connectivity index (χ0n) is 16.9. The molecule has 1 unspecified atom stereocenters. The second kappa shape index (κ2) is 8.34. The molecule has 2 amide bonds. The van der Waals surface area contributed by atoms with Crippen molar-refractivity contribution in [3.8, 4) is 0 Å². The van der Waals surface area contributed by atoms with Crippen molar-refractivity contribution < 1.29 is 22.8 Å². The summed E-state index contributed by atoms with van der Waals surface area (Å²) in [5, 5.41) is 2.86. The molecule has 0 bridgehead atoms. The minimum Gasteiger partial charge on any atom is -0.350 e. The van der Waals surface area contributed by atoms with Crippen molar-refractivity contribution in [3.05, 3.63) is 70.3 Å². The number of nitrogens with zero attached hydrogens (tertiary/aromatic N) is 1. The minimum absolute atomic E-state index is 0.0271. The first kappa shape index (κ1) is 21.4. The van der Waals surface area contributed by atoms with Gasteiger partial charge in [-0.1, -0.05) is 18.2 Å². The van der Waals surface area contributed by atoms with E-state index in [0.29, 0.717) is 24.4 Å². The molecule has 0 radical (unpaired) electrons. The molecule has 3 N–H and O–H groups in total. The molecular formula is C23H24F3N3O2. The third kappa shape index (κ3) is 4.74. The number of hydrogen-bond donors (Lipinski definition) is 2. The van der Waals surface area contributed by atoms with Crippen LogP contribution in [0.1, 0.15) is 50.2 Å². The van der Waals surface area contributed by atoms with Crippen LogP contribution in [0.3, 0.4) is 0 Å². The number of nitrogens with one attached hydrogen (secondary N) is 1. The number of hydrogen-bond acceptors (Lipinski definition) is 3. The van der Waals surface area contributed by atoms with Crippen LogP contribution in [-0.4, -0.2) is 35.8 Å². The Labute approximate surface area is 178 Å². The average molecular weight is 431 g/mol. The number of amides is 2. The number of benzene rings is 2. The standard InChI is InChI=1S/C23H24F3N3O2/c24-23(25,26)19-4-2-1-3-18(19)22(31)29-10-9-15-11-16(7-8-17(15)13-29)21(30)28-12-20(27)14-5-6-14/h1-4,7-8,11,14,20H,5-6,9-10,12-13,27H2,(H,28,30). The lowest BCUT2D eigenvalue weighted by molar-refractivity contribution is -0.138. The van der Waals surface area contributed by atoms with Gasteiger partial charge >= 0.3 is 6.18 Å². The smallest absolute Gasteiger partial charge is 0.350 e. The predicted molar refractivity (Wildman–Crippen MR) is 109 cm³/mol. The van der Waals surface area contributed by atoms with Gasteiger partial charge in [-0.05, 0) is 60.6 Å². The van der Waals surface area contributed by atoms with Crippen LogP contribution in [0.15, 0.2) is 42.5 Å². The van der Waals surface area contributed by atoms with Crippen molar-refractivity contribution in [2.24, 2.45) is 11.7 Å². The summed E-state index contributed by atoms with van der Waals surface area (Å²) in [5.41, 5.74) is 7.02. The summed E-state index contributed by atoms with van der Waals surface area (Å²) < 4.78 is 39.8. The minimum atomic E-state index is -4.59. The number of carbonyl (C=O) groups is 2. The molecule has 1 heterocycles. The third-order valence-corrected chi connectivity index (χ3v) is 5.96. The maximum atomic E-state index is 13.3. The summed E-state index contributed by atoms with van der Waals surface area (Å²) in [5.74, 6) is -0.346. The quantitative estimate of drug-likeness (QED) is 0.762. The van der Waals surface area contributed by atoms with Gasteiger partial charge in [0.25, 0.3) is 11.8 Å². The topological polar surface area (TPSA) is 75.4 Å². The van der Waals surface area contributed by atoms with Crippen LogP contribution in [-0.2, 0) is 19.1 Å². The molecule has 1 fully saturated rings. The highest BCUT2D eigenvalue weighted by Crippen LogP contribution is 2.33. The zero-order valence-corrected chi connectivity index (χ0v) is 16.9. The second-order valence-corrected chi connectivity index (χ2v) is 8.21. The molecule has 0 aromatic heterocycles. The fourth-order valence-corrected chi connectivity index (χ4v) is 3.96. The summed E-state index contributed by atoms with van der Waals surface area (Å²) in [4.78, 5) is 26.7. The number of carbonyl (C=O) groups excluding carboxylic acids is 2. The highest BCUT2D eigenvalue weighted by molar-refractivity contribution is 5.96. The molecule has 4 rings (SSSR count). The molecule has 1 atom stereocenters. The zero-order chi connectivity index (χ0) is 22.2. The molecule has 2 aliphatic rings. The Morgan fingerprint density at radius 2 is 1.87 bits per heavy atom. The number of rotatable bonds is 5. The lowest BCUT2D eigenvalue weighted by Gasteiger charge is -2.30. The Balaban J connectivity index is 1.45. The highest BCUT2D eigenvalue weighted by Gasteiger charge is 2.36. The first-order chi connectivity index (χ1) is 14.7. The van der Waals surface area contributed by atoms with Gasteiger partial charge in [-0.15, -0.1) is 0 Å². The Bertz CT molecular complexity index is 1000. The molecule has 8 heteroatoms. The van der Waals surface area contributed by atoms with E-state index in [4.69, 9.17) is 5.73 Å². The van der Waals surface area contributed by atoms with E-state index in [1.54, 1.807) is 18.2 Å². The normalized spacial score (nSPS) is 17.1. The van der Waals surface area contributed by atoms with Gasteiger partial charge in [-0.2, -0.15) is 13.2 Å². The lowest BCUT2D eigenvalue weighted by Crippen LogP contribution is -2.39. The fraction of sp³-hybridized carbons (Fsp3) is 0.391. The van der Waals surface area contributed by atoms with Crippen LogP contribution in [0.4, 0.5) is 13.2 Å². The molecule has 31 heavy (non-hydrogen) atoms. The molecule has 2 aromatic carbocycles. The SMILES string of the molecule is NC(CNC(=O)c1ccc2c(c1)CCN(C(=O)c1ccccc1C(F)(F)F)C2)C1CC1. The van der Waals surface area contributed by atoms with Gasteiger partial charge in [0.2, 0.25) is 0 Å². The van der Waals surface area contributed by atoms with Crippen molar-refractivity contribution in [3.63, 3.8) is 0 Å². The Morgan fingerprint density at radius 3 is 2.58 bits per heavy atom. The highest BCUT2D eigenvalue weighted by atomic mass is 19.4. The molecule has 1 aliphatic heterocycles. The third-order valence-electron chi connectivity index (χ3n) is 5.96. The first-order valence-electron chi connectivity index (χ1n) is 10.3. The summed E-state index contributed by atoms with van der Waals surface area (Å²) in [6.45, 7) is 0.923. The summed E-state index contributed by atoms with van der Waals surface area (Å²) in [6, 6.07) is 10.0. The first-order valence-corrected chi connectivity index (χ1v) is 10.3. The molecule has 1 aliphatic carbocycles. The summed E-state index contributed by atoms with van der Waals surface area (Å²) in [6.07, 6.45) is -1.90. The van der Waals surface area contributed by atoms with E-state index >= 15 is 0 Å². The van der Waals surface area contributed by atoms with Crippen molar-refractivity contribution in [1.82, 2.24) is 10.2 Å². The van der Waals surface area contributed by atoms with E-state index < -0.39 is 17.6 Å². The van der Waals surface area contributed by atoms with Crippen LogP contribution in [0.2, 0.25) is 0 Å². The molecular weight excluding hydrogens is 407 g/mol. The maximum absolute atomic E-state index is 13.3. The Morgan fingerprint density at radius 1 is 1.13 bits per heavy atom. The predicted octanol–water partition coefficient (Wildman–Crippen LogP) is 3.37. The Hall–Kier alpha value is -2.87. The molecule has 0 saturated heterocycles. The lowest BCUT2D eigenvalue weighted by atomic mass is 9.96. The maximum Gasteiger partial charge on any atom is 0.417 e. The average Bonchev–Trinajstić information content (AvgIpc) is 3.61. The molecule has 5 nitrogen and oxygen atoms in total. The van der Waals surface area contributed by atoms with Crippen LogP contribution < -0.4 is 11.1 Å². The molecule has 0 spiro atoms. The van der Waals surface area contributed by atoms with Crippen molar-refractivity contribution in [1.29, 1.82) is 0 Å². The van der Waals surface area contributed by atoms with Crippen LogP contribution >= 0.6 is 0 Å². The number of halogens is 3. The van der Waals surface area contributed by atoms with Crippen LogP contribution in [0, 0.1) is 5.92 Å². The van der Waals surface area contributed by atoms with Crippen molar-refractivity contribution in [2.75, 3.05) is 13.1 Å².